The van der Waals surface area contributed by atoms with Crippen LogP contribution in [-0.4, -0.2) is 0 Å². The minimum absolute atomic E-state index is 0. The first kappa shape index (κ1) is 17.6. The summed E-state index contributed by atoms with van der Waals surface area (Å²) in [6, 6.07) is 4.44. The van der Waals surface area contributed by atoms with E-state index in [4.69, 9.17) is 0 Å². The van der Waals surface area contributed by atoms with Crippen molar-refractivity contribution in [3.63, 3.8) is 0 Å². The van der Waals surface area contributed by atoms with E-state index in [0.717, 1.165) is 19.3 Å². The van der Waals surface area contributed by atoms with Crippen molar-refractivity contribution in [1.82, 2.24) is 6.15 Å². The molecular formula is C14H24ClN. The van der Waals surface area contributed by atoms with E-state index in [1.807, 2.05) is 6.08 Å². The summed E-state index contributed by atoms with van der Waals surface area (Å²) in [5.41, 5.74) is 5.82. The first-order valence-electron chi connectivity index (χ1n) is 5.54. The number of benzene rings is 1. The van der Waals surface area contributed by atoms with Crippen LogP contribution in [0.25, 0.3) is 6.08 Å². The van der Waals surface area contributed by atoms with Crippen molar-refractivity contribution in [3.05, 3.63) is 41.0 Å². The van der Waals surface area contributed by atoms with E-state index in [1.54, 1.807) is 0 Å². The SMILES string of the molecule is C=Cc1ccc(CC)c(CC)c1CC.Cl.N. The summed E-state index contributed by atoms with van der Waals surface area (Å²) < 4.78 is 0. The lowest BCUT2D eigenvalue weighted by Gasteiger charge is -2.14. The first-order chi connectivity index (χ1) is 6.78. The van der Waals surface area contributed by atoms with Gasteiger partial charge in [0, 0.05) is 0 Å². The van der Waals surface area contributed by atoms with Gasteiger partial charge in [0.25, 0.3) is 0 Å². The molecule has 0 aromatic heterocycles. The molecule has 0 aliphatic carbocycles. The second-order valence-electron chi connectivity index (χ2n) is 3.54. The Labute approximate surface area is 106 Å². The molecule has 0 heterocycles. The molecule has 0 aliphatic heterocycles. The Bertz CT molecular complexity index is 332. The Morgan fingerprint density at radius 3 is 1.94 bits per heavy atom. The molecule has 1 aromatic rings. The molecule has 2 heteroatoms. The van der Waals surface area contributed by atoms with Crippen LogP contribution in [0.5, 0.6) is 0 Å². The summed E-state index contributed by atoms with van der Waals surface area (Å²) in [6.07, 6.45) is 5.34. The Hall–Kier alpha value is -0.790. The third-order valence-corrected chi connectivity index (χ3v) is 2.87. The van der Waals surface area contributed by atoms with Crippen LogP contribution < -0.4 is 6.15 Å². The number of hydrogen-bond acceptors (Lipinski definition) is 1. The molecular weight excluding hydrogens is 218 g/mol. The van der Waals surface area contributed by atoms with Crippen LogP contribution in [0, 0.1) is 0 Å². The van der Waals surface area contributed by atoms with E-state index in [9.17, 15) is 0 Å². The van der Waals surface area contributed by atoms with Gasteiger partial charge in [0.2, 0.25) is 0 Å². The zero-order valence-corrected chi connectivity index (χ0v) is 11.5. The van der Waals surface area contributed by atoms with Gasteiger partial charge in [-0.05, 0) is 41.5 Å². The topological polar surface area (TPSA) is 35.0 Å². The number of halogens is 1. The number of hydrogen-bond donors (Lipinski definition) is 1. The van der Waals surface area contributed by atoms with Gasteiger partial charge >= 0.3 is 0 Å². The molecule has 0 fully saturated rings. The van der Waals surface area contributed by atoms with Crippen molar-refractivity contribution in [3.8, 4) is 0 Å². The van der Waals surface area contributed by atoms with Crippen molar-refractivity contribution in [2.75, 3.05) is 0 Å². The highest BCUT2D eigenvalue weighted by molar-refractivity contribution is 5.85. The van der Waals surface area contributed by atoms with Gasteiger partial charge in [-0.25, -0.2) is 0 Å². The molecule has 0 amide bonds. The van der Waals surface area contributed by atoms with Gasteiger partial charge in [0.1, 0.15) is 0 Å². The van der Waals surface area contributed by atoms with E-state index in [-0.39, 0.29) is 18.6 Å². The minimum atomic E-state index is 0. The van der Waals surface area contributed by atoms with Gasteiger partial charge in [0.15, 0.2) is 0 Å². The molecule has 0 unspecified atom stereocenters. The molecule has 0 atom stereocenters. The zero-order chi connectivity index (χ0) is 10.6. The predicted octanol–water partition coefficient (Wildman–Crippen LogP) is 4.60. The second-order valence-corrected chi connectivity index (χ2v) is 3.54. The highest BCUT2D eigenvalue weighted by Gasteiger charge is 2.07. The Morgan fingerprint density at radius 1 is 1.00 bits per heavy atom. The van der Waals surface area contributed by atoms with Gasteiger partial charge in [-0.2, -0.15) is 0 Å². The van der Waals surface area contributed by atoms with Crippen molar-refractivity contribution in [1.29, 1.82) is 0 Å². The lowest BCUT2D eigenvalue weighted by atomic mass is 9.91. The molecule has 0 saturated heterocycles. The Kier molecular flexibility index (Phi) is 9.21. The Balaban J connectivity index is 0. The standard InChI is InChI=1S/C14H20.ClH.H3N/c1-5-11-9-10-12(6-2)14(8-4)13(11)7-3;;/h5,9-10H,1,6-8H2,2-4H3;1H;1H3. The number of rotatable bonds is 4. The van der Waals surface area contributed by atoms with Crippen LogP contribution in [0.4, 0.5) is 0 Å². The molecule has 92 valence electrons. The smallest absolute Gasteiger partial charge is 0.0228 e. The summed E-state index contributed by atoms with van der Waals surface area (Å²) in [5, 5.41) is 0. The van der Waals surface area contributed by atoms with Crippen molar-refractivity contribution < 1.29 is 0 Å². The molecule has 0 aliphatic rings. The monoisotopic (exact) mass is 241 g/mol. The van der Waals surface area contributed by atoms with Crippen molar-refractivity contribution in [2.24, 2.45) is 0 Å². The zero-order valence-electron chi connectivity index (χ0n) is 10.7. The van der Waals surface area contributed by atoms with Gasteiger partial charge in [0.05, 0.1) is 0 Å². The molecule has 1 aromatic carbocycles. The summed E-state index contributed by atoms with van der Waals surface area (Å²) >= 11 is 0. The van der Waals surface area contributed by atoms with Gasteiger partial charge in [-0.3, -0.25) is 0 Å². The van der Waals surface area contributed by atoms with E-state index < -0.39 is 0 Å². The maximum atomic E-state index is 3.87. The fraction of sp³-hybridized carbons (Fsp3) is 0.429. The quantitative estimate of drug-likeness (QED) is 0.822. The van der Waals surface area contributed by atoms with Crippen LogP contribution in [0.15, 0.2) is 18.7 Å². The highest BCUT2D eigenvalue weighted by atomic mass is 35.5. The largest absolute Gasteiger partial charge is 0.344 e. The van der Waals surface area contributed by atoms with E-state index in [2.05, 4.69) is 39.5 Å². The van der Waals surface area contributed by atoms with E-state index in [1.165, 1.54) is 22.3 Å². The van der Waals surface area contributed by atoms with Crippen molar-refractivity contribution in [2.45, 2.75) is 40.0 Å². The fourth-order valence-corrected chi connectivity index (χ4v) is 2.14. The molecule has 1 nitrogen and oxygen atoms in total. The average molecular weight is 242 g/mol. The van der Waals surface area contributed by atoms with Crippen LogP contribution in [-0.2, 0) is 19.3 Å². The molecule has 0 bridgehead atoms. The molecule has 16 heavy (non-hydrogen) atoms. The lowest BCUT2D eigenvalue weighted by molar-refractivity contribution is 0.978. The molecule has 0 saturated carbocycles. The summed E-state index contributed by atoms with van der Waals surface area (Å²) in [7, 11) is 0. The van der Waals surface area contributed by atoms with Gasteiger partial charge < -0.3 is 6.15 Å². The third kappa shape index (κ3) is 3.36. The highest BCUT2D eigenvalue weighted by Crippen LogP contribution is 2.22. The fourth-order valence-electron chi connectivity index (χ4n) is 2.14. The second kappa shape index (κ2) is 8.37. The lowest BCUT2D eigenvalue weighted by Crippen LogP contribution is -2.00. The van der Waals surface area contributed by atoms with Gasteiger partial charge in [-0.1, -0.05) is 45.6 Å². The minimum Gasteiger partial charge on any atom is -0.344 e. The summed E-state index contributed by atoms with van der Waals surface area (Å²) in [6.45, 7) is 10.6. The summed E-state index contributed by atoms with van der Waals surface area (Å²) in [5.74, 6) is 0. The molecule has 1 rings (SSSR count). The first-order valence-corrected chi connectivity index (χ1v) is 5.54. The normalized spacial score (nSPS) is 8.94. The van der Waals surface area contributed by atoms with Gasteiger partial charge in [-0.15, -0.1) is 12.4 Å². The van der Waals surface area contributed by atoms with Crippen molar-refractivity contribution >= 4 is 18.5 Å². The Morgan fingerprint density at radius 2 is 1.56 bits per heavy atom. The maximum absolute atomic E-state index is 3.87. The van der Waals surface area contributed by atoms with Crippen LogP contribution >= 0.6 is 12.4 Å². The molecule has 3 N–H and O–H groups in total. The number of aryl methyl sites for hydroxylation is 1. The van der Waals surface area contributed by atoms with Crippen LogP contribution in [0.2, 0.25) is 0 Å². The average Bonchev–Trinajstić information content (AvgIpc) is 2.26. The molecule has 0 spiro atoms. The van der Waals surface area contributed by atoms with E-state index >= 15 is 0 Å². The third-order valence-electron chi connectivity index (χ3n) is 2.87. The predicted molar refractivity (Wildman–Crippen MR) is 76.9 cm³/mol. The van der Waals surface area contributed by atoms with Crippen LogP contribution in [0.1, 0.15) is 43.0 Å². The maximum Gasteiger partial charge on any atom is -0.0228 e. The van der Waals surface area contributed by atoms with Crippen LogP contribution in [0.3, 0.4) is 0 Å². The summed E-state index contributed by atoms with van der Waals surface area (Å²) in [4.78, 5) is 0. The van der Waals surface area contributed by atoms with E-state index in [0.29, 0.717) is 0 Å². The molecule has 0 radical (unpaired) electrons.